The van der Waals surface area contributed by atoms with E-state index in [0.29, 0.717) is 16.8 Å². The largest absolute Gasteiger partial charge is 0.383 e. The summed E-state index contributed by atoms with van der Waals surface area (Å²) in [5.41, 5.74) is 9.41. The van der Waals surface area contributed by atoms with Crippen molar-refractivity contribution in [2.45, 2.75) is 13.8 Å². The molecule has 106 valence electrons. The fourth-order valence-corrected chi connectivity index (χ4v) is 2.34. The summed E-state index contributed by atoms with van der Waals surface area (Å²) in [6.45, 7) is 3.82. The molecule has 5 nitrogen and oxygen atoms in total. The number of rotatable bonds is 2. The van der Waals surface area contributed by atoms with Crippen LogP contribution in [0.4, 0.5) is 5.82 Å². The lowest BCUT2D eigenvalue weighted by molar-refractivity contribution is 0.805. The maximum atomic E-state index is 6.04. The highest BCUT2D eigenvalue weighted by atomic mass is 35.5. The molecule has 21 heavy (non-hydrogen) atoms. The van der Waals surface area contributed by atoms with Gasteiger partial charge >= 0.3 is 0 Å². The van der Waals surface area contributed by atoms with Crippen molar-refractivity contribution in [3.8, 4) is 17.2 Å². The molecule has 2 N–H and O–H groups in total. The minimum Gasteiger partial charge on any atom is -0.383 e. The van der Waals surface area contributed by atoms with Crippen molar-refractivity contribution in [3.05, 3.63) is 52.8 Å². The standard InChI is InChI=1S/C15H14ClN5/c1-9-6-10(2)19-15(18-9)21-14(17)8-13(20-21)11-4-3-5-12(16)7-11/h3-8H,17H2,1-2H3. The van der Waals surface area contributed by atoms with Crippen LogP contribution in [0.2, 0.25) is 5.02 Å². The van der Waals surface area contributed by atoms with Crippen LogP contribution in [0, 0.1) is 13.8 Å². The zero-order valence-corrected chi connectivity index (χ0v) is 12.5. The van der Waals surface area contributed by atoms with Gasteiger partial charge in [-0.15, -0.1) is 0 Å². The molecular formula is C15H14ClN5. The molecule has 0 amide bonds. The van der Waals surface area contributed by atoms with Gasteiger partial charge in [-0.05, 0) is 32.0 Å². The van der Waals surface area contributed by atoms with Crippen molar-refractivity contribution in [2.75, 3.05) is 5.73 Å². The van der Waals surface area contributed by atoms with Crippen molar-refractivity contribution >= 4 is 17.4 Å². The summed E-state index contributed by atoms with van der Waals surface area (Å²) in [6, 6.07) is 11.2. The van der Waals surface area contributed by atoms with Gasteiger partial charge in [-0.2, -0.15) is 9.78 Å². The number of aryl methyl sites for hydroxylation is 2. The molecule has 1 aromatic carbocycles. The molecule has 0 radical (unpaired) electrons. The Bertz CT molecular complexity index is 789. The molecule has 0 aliphatic rings. The van der Waals surface area contributed by atoms with E-state index < -0.39 is 0 Å². The zero-order chi connectivity index (χ0) is 15.0. The molecule has 0 atom stereocenters. The third kappa shape index (κ3) is 2.73. The van der Waals surface area contributed by atoms with Gasteiger partial charge in [0.15, 0.2) is 0 Å². The van der Waals surface area contributed by atoms with E-state index in [0.717, 1.165) is 22.6 Å². The molecule has 0 unspecified atom stereocenters. The van der Waals surface area contributed by atoms with Gasteiger partial charge in [-0.1, -0.05) is 23.7 Å². The molecule has 0 aliphatic heterocycles. The first-order chi connectivity index (χ1) is 10.0. The molecule has 0 fully saturated rings. The van der Waals surface area contributed by atoms with E-state index in [4.69, 9.17) is 17.3 Å². The first kappa shape index (κ1) is 13.6. The Kier molecular flexibility index (Phi) is 3.35. The number of nitrogen functional groups attached to an aromatic ring is 1. The Morgan fingerprint density at radius 2 is 1.76 bits per heavy atom. The second-order valence-electron chi connectivity index (χ2n) is 4.83. The normalized spacial score (nSPS) is 10.8. The molecular weight excluding hydrogens is 286 g/mol. The van der Waals surface area contributed by atoms with E-state index in [1.54, 1.807) is 6.07 Å². The highest BCUT2D eigenvalue weighted by molar-refractivity contribution is 6.30. The maximum Gasteiger partial charge on any atom is 0.252 e. The number of hydrogen-bond acceptors (Lipinski definition) is 4. The lowest BCUT2D eigenvalue weighted by Gasteiger charge is -2.04. The number of anilines is 1. The number of benzene rings is 1. The topological polar surface area (TPSA) is 69.6 Å². The second-order valence-corrected chi connectivity index (χ2v) is 5.26. The summed E-state index contributed by atoms with van der Waals surface area (Å²) in [4.78, 5) is 8.75. The molecule has 2 aromatic heterocycles. The van der Waals surface area contributed by atoms with Gasteiger partial charge in [0.25, 0.3) is 5.95 Å². The maximum absolute atomic E-state index is 6.04. The summed E-state index contributed by atoms with van der Waals surface area (Å²) in [7, 11) is 0. The summed E-state index contributed by atoms with van der Waals surface area (Å²) >= 11 is 6.01. The van der Waals surface area contributed by atoms with Crippen LogP contribution in [0.5, 0.6) is 0 Å². The lowest BCUT2D eigenvalue weighted by Crippen LogP contribution is -2.08. The Hall–Kier alpha value is -2.40. The van der Waals surface area contributed by atoms with E-state index in [1.165, 1.54) is 4.68 Å². The van der Waals surface area contributed by atoms with E-state index in [1.807, 2.05) is 44.2 Å². The molecule has 0 saturated heterocycles. The van der Waals surface area contributed by atoms with Crippen LogP contribution in [0.3, 0.4) is 0 Å². The monoisotopic (exact) mass is 299 g/mol. The van der Waals surface area contributed by atoms with Crippen LogP contribution < -0.4 is 5.73 Å². The first-order valence-electron chi connectivity index (χ1n) is 6.47. The smallest absolute Gasteiger partial charge is 0.252 e. The summed E-state index contributed by atoms with van der Waals surface area (Å²) in [6.07, 6.45) is 0. The summed E-state index contributed by atoms with van der Waals surface area (Å²) < 4.78 is 1.54. The van der Waals surface area contributed by atoms with Crippen molar-refractivity contribution in [3.63, 3.8) is 0 Å². The van der Waals surface area contributed by atoms with Gasteiger partial charge in [-0.25, -0.2) is 9.97 Å². The van der Waals surface area contributed by atoms with Crippen molar-refractivity contribution < 1.29 is 0 Å². The van der Waals surface area contributed by atoms with E-state index in [2.05, 4.69) is 15.1 Å². The fraction of sp³-hybridized carbons (Fsp3) is 0.133. The SMILES string of the molecule is Cc1cc(C)nc(-n2nc(-c3cccc(Cl)c3)cc2N)n1. The molecule has 3 aromatic rings. The van der Waals surface area contributed by atoms with E-state index in [-0.39, 0.29) is 0 Å². The number of halogens is 1. The van der Waals surface area contributed by atoms with Gasteiger partial charge in [0.1, 0.15) is 5.82 Å². The number of hydrogen-bond donors (Lipinski definition) is 1. The predicted octanol–water partition coefficient (Wildman–Crippen LogP) is 3.18. The third-order valence-corrected chi connectivity index (χ3v) is 3.25. The van der Waals surface area contributed by atoms with E-state index >= 15 is 0 Å². The van der Waals surface area contributed by atoms with Crippen LogP contribution in [0.15, 0.2) is 36.4 Å². The molecule has 3 rings (SSSR count). The van der Waals surface area contributed by atoms with Crippen molar-refractivity contribution in [2.24, 2.45) is 0 Å². The molecule has 0 bridgehead atoms. The van der Waals surface area contributed by atoms with Gasteiger partial charge in [0, 0.05) is 28.0 Å². The Morgan fingerprint density at radius 1 is 1.05 bits per heavy atom. The Balaban J connectivity index is 2.09. The van der Waals surface area contributed by atoms with Gasteiger partial charge in [-0.3, -0.25) is 0 Å². The number of nitrogens with zero attached hydrogens (tertiary/aromatic N) is 4. The minimum atomic E-state index is 0.471. The Morgan fingerprint density at radius 3 is 2.43 bits per heavy atom. The van der Waals surface area contributed by atoms with Crippen LogP contribution in [-0.2, 0) is 0 Å². The third-order valence-electron chi connectivity index (χ3n) is 3.02. The minimum absolute atomic E-state index is 0.471. The van der Waals surface area contributed by atoms with Crippen LogP contribution in [-0.4, -0.2) is 19.7 Å². The molecule has 0 aliphatic carbocycles. The lowest BCUT2D eigenvalue weighted by atomic mass is 10.1. The Labute approximate surface area is 127 Å². The van der Waals surface area contributed by atoms with Crippen LogP contribution >= 0.6 is 11.6 Å². The molecule has 2 heterocycles. The zero-order valence-electron chi connectivity index (χ0n) is 11.7. The van der Waals surface area contributed by atoms with Crippen molar-refractivity contribution in [1.29, 1.82) is 0 Å². The van der Waals surface area contributed by atoms with Crippen LogP contribution in [0.1, 0.15) is 11.4 Å². The fourth-order valence-electron chi connectivity index (χ4n) is 2.15. The molecule has 0 saturated carbocycles. The highest BCUT2D eigenvalue weighted by Crippen LogP contribution is 2.24. The second kappa shape index (κ2) is 5.18. The number of aromatic nitrogens is 4. The van der Waals surface area contributed by atoms with Crippen LogP contribution in [0.25, 0.3) is 17.2 Å². The average molecular weight is 300 g/mol. The number of nitrogens with two attached hydrogens (primary N) is 1. The van der Waals surface area contributed by atoms with Gasteiger partial charge in [0.2, 0.25) is 0 Å². The van der Waals surface area contributed by atoms with Gasteiger partial charge in [0.05, 0.1) is 5.69 Å². The molecule has 6 heteroatoms. The van der Waals surface area contributed by atoms with Gasteiger partial charge < -0.3 is 5.73 Å². The quantitative estimate of drug-likeness (QED) is 0.789. The average Bonchev–Trinajstić information content (AvgIpc) is 2.80. The predicted molar refractivity (Wildman–Crippen MR) is 83.5 cm³/mol. The summed E-state index contributed by atoms with van der Waals surface area (Å²) in [5.74, 6) is 0.952. The highest BCUT2D eigenvalue weighted by Gasteiger charge is 2.11. The molecule has 0 spiro atoms. The summed E-state index contributed by atoms with van der Waals surface area (Å²) in [5, 5.41) is 5.14. The first-order valence-corrected chi connectivity index (χ1v) is 6.85. The van der Waals surface area contributed by atoms with Crippen molar-refractivity contribution in [1.82, 2.24) is 19.7 Å². The van der Waals surface area contributed by atoms with E-state index in [9.17, 15) is 0 Å².